The van der Waals surface area contributed by atoms with E-state index in [1.165, 1.54) is 0 Å². The summed E-state index contributed by atoms with van der Waals surface area (Å²) in [6.07, 6.45) is -4.57. The lowest BCUT2D eigenvalue weighted by Crippen LogP contribution is -2.47. The number of benzene rings is 1. The highest BCUT2D eigenvalue weighted by Crippen LogP contribution is 2.31. The number of nitrogens with two attached hydrogens (primary N) is 1. The van der Waals surface area contributed by atoms with Crippen molar-refractivity contribution in [1.82, 2.24) is 9.97 Å². The third kappa shape index (κ3) is 3.29. The fourth-order valence-corrected chi connectivity index (χ4v) is 2.62. The summed E-state index contributed by atoms with van der Waals surface area (Å²) >= 11 is 0. The zero-order chi connectivity index (χ0) is 17.3. The van der Waals surface area contributed by atoms with Crippen LogP contribution in [0.25, 0.3) is 0 Å². The monoisotopic (exact) mass is 339 g/mol. The quantitative estimate of drug-likeness (QED) is 0.872. The molecule has 0 amide bonds. The molecule has 0 saturated carbocycles. The highest BCUT2D eigenvalue weighted by Gasteiger charge is 2.34. The van der Waals surface area contributed by atoms with E-state index in [0.717, 1.165) is 6.07 Å². The van der Waals surface area contributed by atoms with Crippen molar-refractivity contribution in [3.63, 3.8) is 0 Å². The number of para-hydroxylation sites is 2. The summed E-state index contributed by atoms with van der Waals surface area (Å²) < 4.78 is 38.5. The molecule has 128 valence electrons. The van der Waals surface area contributed by atoms with E-state index in [9.17, 15) is 18.3 Å². The van der Waals surface area contributed by atoms with Crippen molar-refractivity contribution in [2.75, 3.05) is 41.7 Å². The van der Waals surface area contributed by atoms with Gasteiger partial charge in [-0.2, -0.15) is 18.2 Å². The largest absolute Gasteiger partial charge is 0.506 e. The number of piperazine rings is 1. The number of aromatic nitrogens is 2. The van der Waals surface area contributed by atoms with Crippen LogP contribution in [0.15, 0.2) is 30.3 Å². The Bertz CT molecular complexity index is 729. The molecule has 0 radical (unpaired) electrons. The molecule has 9 heteroatoms. The highest BCUT2D eigenvalue weighted by molar-refractivity contribution is 5.58. The summed E-state index contributed by atoms with van der Waals surface area (Å²) in [6, 6.07) is 7.66. The third-order valence-electron chi connectivity index (χ3n) is 3.81. The maximum Gasteiger partial charge on any atom is 0.433 e. The average molecular weight is 339 g/mol. The van der Waals surface area contributed by atoms with E-state index in [1.54, 1.807) is 23.1 Å². The maximum atomic E-state index is 12.8. The van der Waals surface area contributed by atoms with Gasteiger partial charge in [-0.05, 0) is 12.1 Å². The van der Waals surface area contributed by atoms with Gasteiger partial charge in [-0.3, -0.25) is 0 Å². The molecule has 0 atom stereocenters. The Kier molecular flexibility index (Phi) is 4.08. The van der Waals surface area contributed by atoms with E-state index in [1.807, 2.05) is 11.0 Å². The van der Waals surface area contributed by atoms with Crippen LogP contribution in [0, 0.1) is 0 Å². The fraction of sp³-hybridized carbons (Fsp3) is 0.333. The second-order valence-corrected chi connectivity index (χ2v) is 5.44. The molecule has 2 heterocycles. The van der Waals surface area contributed by atoms with Gasteiger partial charge in [-0.15, -0.1) is 0 Å². The Morgan fingerprint density at radius 2 is 1.62 bits per heavy atom. The van der Waals surface area contributed by atoms with Gasteiger partial charge in [0.1, 0.15) is 11.6 Å². The number of nitrogen functional groups attached to an aromatic ring is 1. The minimum Gasteiger partial charge on any atom is -0.506 e. The molecule has 24 heavy (non-hydrogen) atoms. The fourth-order valence-electron chi connectivity index (χ4n) is 2.62. The van der Waals surface area contributed by atoms with Gasteiger partial charge in [0.2, 0.25) is 5.95 Å². The van der Waals surface area contributed by atoms with Crippen LogP contribution in [0.1, 0.15) is 5.69 Å². The van der Waals surface area contributed by atoms with Crippen LogP contribution in [0.5, 0.6) is 5.75 Å². The molecule has 1 aliphatic rings. The first-order valence-electron chi connectivity index (χ1n) is 7.34. The van der Waals surface area contributed by atoms with Crippen molar-refractivity contribution >= 4 is 17.5 Å². The number of halogens is 3. The minimum atomic E-state index is -4.57. The summed E-state index contributed by atoms with van der Waals surface area (Å²) in [7, 11) is 0. The number of phenolic OH excluding ortho intramolecular Hbond substituents is 1. The normalized spacial score (nSPS) is 15.6. The van der Waals surface area contributed by atoms with Gasteiger partial charge in [0, 0.05) is 32.2 Å². The van der Waals surface area contributed by atoms with E-state index in [0.29, 0.717) is 31.9 Å². The van der Waals surface area contributed by atoms with Crippen molar-refractivity contribution in [2.24, 2.45) is 0 Å². The topological polar surface area (TPSA) is 78.5 Å². The van der Waals surface area contributed by atoms with Gasteiger partial charge in [0.05, 0.1) is 5.69 Å². The molecule has 3 rings (SSSR count). The number of phenols is 1. The lowest BCUT2D eigenvalue weighted by Gasteiger charge is -2.36. The summed E-state index contributed by atoms with van der Waals surface area (Å²) in [6.45, 7) is 1.90. The van der Waals surface area contributed by atoms with E-state index in [2.05, 4.69) is 9.97 Å². The van der Waals surface area contributed by atoms with Crippen LogP contribution in [0.2, 0.25) is 0 Å². The Morgan fingerprint density at radius 1 is 1.00 bits per heavy atom. The number of rotatable bonds is 2. The smallest absolute Gasteiger partial charge is 0.433 e. The molecule has 0 aliphatic carbocycles. The molecule has 0 spiro atoms. The van der Waals surface area contributed by atoms with Crippen LogP contribution in [-0.2, 0) is 6.18 Å². The summed E-state index contributed by atoms with van der Waals surface area (Å²) in [4.78, 5) is 11.1. The van der Waals surface area contributed by atoms with Crippen LogP contribution in [0.4, 0.5) is 30.6 Å². The van der Waals surface area contributed by atoms with Crippen LogP contribution in [-0.4, -0.2) is 41.3 Å². The lowest BCUT2D eigenvalue weighted by atomic mass is 10.2. The van der Waals surface area contributed by atoms with E-state index >= 15 is 0 Å². The molecule has 2 aromatic rings. The Balaban J connectivity index is 1.76. The predicted octanol–water partition coefficient (Wildman–Crippen LogP) is 2.11. The molecule has 1 fully saturated rings. The zero-order valence-corrected chi connectivity index (χ0v) is 12.7. The summed E-state index contributed by atoms with van der Waals surface area (Å²) in [5, 5.41) is 9.89. The van der Waals surface area contributed by atoms with Gasteiger partial charge in [-0.1, -0.05) is 12.1 Å². The maximum absolute atomic E-state index is 12.8. The average Bonchev–Trinajstić information content (AvgIpc) is 2.54. The molecule has 6 nitrogen and oxygen atoms in total. The van der Waals surface area contributed by atoms with Crippen molar-refractivity contribution in [3.8, 4) is 5.75 Å². The first-order chi connectivity index (χ1) is 11.3. The molecule has 1 aromatic carbocycles. The van der Waals surface area contributed by atoms with Gasteiger partial charge in [0.25, 0.3) is 0 Å². The number of hydrogen-bond acceptors (Lipinski definition) is 6. The second kappa shape index (κ2) is 6.06. The first kappa shape index (κ1) is 16.2. The highest BCUT2D eigenvalue weighted by atomic mass is 19.4. The number of alkyl halides is 3. The molecule has 0 bridgehead atoms. The van der Waals surface area contributed by atoms with E-state index in [4.69, 9.17) is 5.73 Å². The van der Waals surface area contributed by atoms with Gasteiger partial charge in [0.15, 0.2) is 5.69 Å². The van der Waals surface area contributed by atoms with Crippen molar-refractivity contribution in [1.29, 1.82) is 0 Å². The molecular formula is C15H16F3N5O. The molecule has 1 aromatic heterocycles. The number of anilines is 3. The van der Waals surface area contributed by atoms with Crippen molar-refractivity contribution in [2.45, 2.75) is 6.18 Å². The van der Waals surface area contributed by atoms with Crippen LogP contribution < -0.4 is 15.5 Å². The standard InChI is InChI=1S/C15H16F3N5O/c16-15(17,18)12-9-13(19)21-14(20-12)23-7-5-22(6-8-23)10-3-1-2-4-11(10)24/h1-4,9,24H,5-8H2,(H2,19,20,21). The molecule has 1 aliphatic heterocycles. The summed E-state index contributed by atoms with van der Waals surface area (Å²) in [5.74, 6) is -0.0692. The molecule has 1 saturated heterocycles. The van der Waals surface area contributed by atoms with E-state index in [-0.39, 0.29) is 17.5 Å². The Morgan fingerprint density at radius 3 is 2.25 bits per heavy atom. The predicted molar refractivity (Wildman–Crippen MR) is 84.0 cm³/mol. The SMILES string of the molecule is Nc1cc(C(F)(F)F)nc(N2CCN(c3ccccc3O)CC2)n1. The number of nitrogens with zero attached hydrogens (tertiary/aromatic N) is 4. The van der Waals surface area contributed by atoms with Gasteiger partial charge >= 0.3 is 6.18 Å². The Labute approximate surface area is 136 Å². The van der Waals surface area contributed by atoms with E-state index < -0.39 is 11.9 Å². The number of hydrogen-bond donors (Lipinski definition) is 2. The third-order valence-corrected chi connectivity index (χ3v) is 3.81. The first-order valence-corrected chi connectivity index (χ1v) is 7.34. The molecule has 0 unspecified atom stereocenters. The van der Waals surface area contributed by atoms with Crippen LogP contribution in [0.3, 0.4) is 0 Å². The zero-order valence-electron chi connectivity index (χ0n) is 12.7. The molecular weight excluding hydrogens is 323 g/mol. The summed E-state index contributed by atoms with van der Waals surface area (Å²) in [5.41, 5.74) is 5.13. The van der Waals surface area contributed by atoms with Crippen molar-refractivity contribution in [3.05, 3.63) is 36.0 Å². The second-order valence-electron chi connectivity index (χ2n) is 5.44. The number of aromatic hydroxyl groups is 1. The minimum absolute atomic E-state index is 0.0285. The van der Waals surface area contributed by atoms with Gasteiger partial charge < -0.3 is 20.6 Å². The Hall–Kier alpha value is -2.71. The van der Waals surface area contributed by atoms with Crippen LogP contribution >= 0.6 is 0 Å². The van der Waals surface area contributed by atoms with Gasteiger partial charge in [-0.25, -0.2) is 4.98 Å². The lowest BCUT2D eigenvalue weighted by molar-refractivity contribution is -0.141. The van der Waals surface area contributed by atoms with Crippen molar-refractivity contribution < 1.29 is 18.3 Å². The molecule has 3 N–H and O–H groups in total.